The molecule has 2 rings (SSSR count). The highest BCUT2D eigenvalue weighted by molar-refractivity contribution is 5.36. The van der Waals surface area contributed by atoms with E-state index < -0.39 is 0 Å². The van der Waals surface area contributed by atoms with E-state index in [9.17, 15) is 0 Å². The summed E-state index contributed by atoms with van der Waals surface area (Å²) in [6.45, 7) is 11.5. The van der Waals surface area contributed by atoms with E-state index in [4.69, 9.17) is 4.74 Å². The highest BCUT2D eigenvalue weighted by Crippen LogP contribution is 2.23. The van der Waals surface area contributed by atoms with Gasteiger partial charge in [0.2, 0.25) is 0 Å². The SMILES string of the molecule is Cc1ccc(C)c(OCc2ccc(C(C)(C)C)cc2)c1. The van der Waals surface area contributed by atoms with Gasteiger partial charge in [0.15, 0.2) is 0 Å². The average Bonchev–Trinajstić information content (AvgIpc) is 2.39. The summed E-state index contributed by atoms with van der Waals surface area (Å²) in [5.74, 6) is 0.977. The van der Waals surface area contributed by atoms with Crippen molar-refractivity contribution in [3.63, 3.8) is 0 Å². The van der Waals surface area contributed by atoms with E-state index in [0.717, 1.165) is 5.75 Å². The minimum atomic E-state index is 0.201. The Morgan fingerprint density at radius 1 is 0.900 bits per heavy atom. The number of rotatable bonds is 3. The zero-order valence-electron chi connectivity index (χ0n) is 13.2. The molecule has 0 N–H and O–H groups in total. The predicted octanol–water partition coefficient (Wildman–Crippen LogP) is 5.18. The maximum atomic E-state index is 5.93. The zero-order valence-corrected chi connectivity index (χ0v) is 13.2. The molecule has 0 unspecified atom stereocenters. The standard InChI is InChI=1S/C19H24O/c1-14-6-7-15(2)18(12-14)20-13-16-8-10-17(11-9-16)19(3,4)5/h6-12H,13H2,1-5H3. The van der Waals surface area contributed by atoms with Crippen molar-refractivity contribution in [2.24, 2.45) is 0 Å². The molecule has 0 bridgehead atoms. The van der Waals surface area contributed by atoms with Gasteiger partial charge in [-0.3, -0.25) is 0 Å². The Morgan fingerprint density at radius 2 is 1.55 bits per heavy atom. The fourth-order valence-electron chi connectivity index (χ4n) is 2.12. The summed E-state index contributed by atoms with van der Waals surface area (Å²) in [7, 11) is 0. The third-order valence-corrected chi connectivity index (χ3v) is 3.56. The number of hydrogen-bond donors (Lipinski definition) is 0. The van der Waals surface area contributed by atoms with E-state index in [2.05, 4.69) is 77.1 Å². The van der Waals surface area contributed by atoms with Crippen molar-refractivity contribution in [3.8, 4) is 5.75 Å². The lowest BCUT2D eigenvalue weighted by Crippen LogP contribution is -2.10. The molecule has 0 aromatic heterocycles. The molecule has 0 fully saturated rings. The lowest BCUT2D eigenvalue weighted by Gasteiger charge is -2.19. The predicted molar refractivity (Wildman–Crippen MR) is 85.4 cm³/mol. The van der Waals surface area contributed by atoms with Crippen molar-refractivity contribution in [2.75, 3.05) is 0 Å². The van der Waals surface area contributed by atoms with E-state index in [-0.39, 0.29) is 5.41 Å². The van der Waals surface area contributed by atoms with Crippen LogP contribution in [-0.4, -0.2) is 0 Å². The van der Waals surface area contributed by atoms with Gasteiger partial charge in [-0.1, -0.05) is 57.2 Å². The molecule has 106 valence electrons. The lowest BCUT2D eigenvalue weighted by atomic mass is 9.87. The Morgan fingerprint density at radius 3 is 2.15 bits per heavy atom. The van der Waals surface area contributed by atoms with Crippen LogP contribution in [0.3, 0.4) is 0 Å². The van der Waals surface area contributed by atoms with Gasteiger partial charge < -0.3 is 4.74 Å². The number of benzene rings is 2. The first kappa shape index (κ1) is 14.6. The van der Waals surface area contributed by atoms with E-state index >= 15 is 0 Å². The van der Waals surface area contributed by atoms with Gasteiger partial charge in [-0.25, -0.2) is 0 Å². The maximum Gasteiger partial charge on any atom is 0.122 e. The molecule has 2 aromatic carbocycles. The number of ether oxygens (including phenoxy) is 1. The van der Waals surface area contributed by atoms with Crippen LogP contribution in [0.25, 0.3) is 0 Å². The van der Waals surface area contributed by atoms with Crippen LogP contribution in [0.1, 0.15) is 43.0 Å². The molecule has 1 nitrogen and oxygen atoms in total. The zero-order chi connectivity index (χ0) is 14.8. The van der Waals surface area contributed by atoms with Gasteiger partial charge in [-0.05, 0) is 47.6 Å². The summed E-state index contributed by atoms with van der Waals surface area (Å²) in [6.07, 6.45) is 0. The van der Waals surface area contributed by atoms with Crippen LogP contribution in [0.4, 0.5) is 0 Å². The second kappa shape index (κ2) is 5.70. The Kier molecular flexibility index (Phi) is 4.17. The molecule has 0 aliphatic rings. The first-order chi connectivity index (χ1) is 9.36. The van der Waals surface area contributed by atoms with Gasteiger partial charge in [-0.15, -0.1) is 0 Å². The lowest BCUT2D eigenvalue weighted by molar-refractivity contribution is 0.304. The van der Waals surface area contributed by atoms with E-state index in [1.54, 1.807) is 0 Å². The van der Waals surface area contributed by atoms with E-state index in [0.29, 0.717) is 6.61 Å². The van der Waals surface area contributed by atoms with Crippen LogP contribution in [-0.2, 0) is 12.0 Å². The maximum absolute atomic E-state index is 5.93. The Labute approximate surface area is 122 Å². The minimum absolute atomic E-state index is 0.201. The van der Waals surface area contributed by atoms with Gasteiger partial charge in [0.25, 0.3) is 0 Å². The topological polar surface area (TPSA) is 9.23 Å². The van der Waals surface area contributed by atoms with Crippen molar-refractivity contribution in [1.82, 2.24) is 0 Å². The molecule has 0 amide bonds. The van der Waals surface area contributed by atoms with Gasteiger partial charge in [0, 0.05) is 0 Å². The van der Waals surface area contributed by atoms with Crippen molar-refractivity contribution in [2.45, 2.75) is 46.6 Å². The number of hydrogen-bond acceptors (Lipinski definition) is 1. The molecule has 2 aromatic rings. The van der Waals surface area contributed by atoms with Crippen molar-refractivity contribution < 1.29 is 4.74 Å². The van der Waals surface area contributed by atoms with Crippen LogP contribution in [0.2, 0.25) is 0 Å². The second-order valence-electron chi connectivity index (χ2n) is 6.50. The van der Waals surface area contributed by atoms with Crippen LogP contribution >= 0.6 is 0 Å². The molecule has 0 heterocycles. The normalized spacial score (nSPS) is 11.4. The highest BCUT2D eigenvalue weighted by atomic mass is 16.5. The Hall–Kier alpha value is -1.76. The Balaban J connectivity index is 2.06. The molecular weight excluding hydrogens is 244 g/mol. The molecule has 0 spiro atoms. The van der Waals surface area contributed by atoms with Crippen LogP contribution < -0.4 is 4.74 Å². The van der Waals surface area contributed by atoms with Gasteiger partial charge in [0.1, 0.15) is 12.4 Å². The quantitative estimate of drug-likeness (QED) is 0.745. The van der Waals surface area contributed by atoms with E-state index in [1.807, 2.05) is 0 Å². The van der Waals surface area contributed by atoms with Gasteiger partial charge >= 0.3 is 0 Å². The fourth-order valence-corrected chi connectivity index (χ4v) is 2.12. The van der Waals surface area contributed by atoms with Crippen LogP contribution in [0, 0.1) is 13.8 Å². The molecule has 20 heavy (non-hydrogen) atoms. The molecule has 0 aliphatic heterocycles. The second-order valence-corrected chi connectivity index (χ2v) is 6.50. The third kappa shape index (κ3) is 3.63. The average molecular weight is 268 g/mol. The summed E-state index contributed by atoms with van der Waals surface area (Å²) >= 11 is 0. The molecule has 0 atom stereocenters. The summed E-state index contributed by atoms with van der Waals surface area (Å²) in [4.78, 5) is 0. The first-order valence-electron chi connectivity index (χ1n) is 7.16. The third-order valence-electron chi connectivity index (χ3n) is 3.56. The molecular formula is C19H24O. The van der Waals surface area contributed by atoms with Crippen molar-refractivity contribution in [1.29, 1.82) is 0 Å². The summed E-state index contributed by atoms with van der Waals surface area (Å²) in [5, 5.41) is 0. The summed E-state index contributed by atoms with van der Waals surface area (Å²) in [5.41, 5.74) is 5.18. The number of aryl methyl sites for hydroxylation is 2. The largest absolute Gasteiger partial charge is 0.489 e. The molecule has 0 saturated heterocycles. The smallest absolute Gasteiger partial charge is 0.122 e. The van der Waals surface area contributed by atoms with Crippen LogP contribution in [0.15, 0.2) is 42.5 Å². The summed E-state index contributed by atoms with van der Waals surface area (Å²) in [6, 6.07) is 15.0. The Bertz CT molecular complexity index is 574. The fraction of sp³-hybridized carbons (Fsp3) is 0.368. The van der Waals surface area contributed by atoms with Crippen LogP contribution in [0.5, 0.6) is 5.75 Å². The van der Waals surface area contributed by atoms with E-state index in [1.165, 1.54) is 22.3 Å². The molecule has 0 radical (unpaired) electrons. The van der Waals surface area contributed by atoms with Gasteiger partial charge in [-0.2, -0.15) is 0 Å². The molecule has 1 heteroatoms. The molecule has 0 saturated carbocycles. The first-order valence-corrected chi connectivity index (χ1v) is 7.16. The van der Waals surface area contributed by atoms with Crippen molar-refractivity contribution >= 4 is 0 Å². The highest BCUT2D eigenvalue weighted by Gasteiger charge is 2.12. The minimum Gasteiger partial charge on any atom is -0.489 e. The van der Waals surface area contributed by atoms with Crippen molar-refractivity contribution in [3.05, 3.63) is 64.7 Å². The molecule has 0 aliphatic carbocycles. The van der Waals surface area contributed by atoms with Gasteiger partial charge in [0.05, 0.1) is 0 Å². The summed E-state index contributed by atoms with van der Waals surface area (Å²) < 4.78 is 5.93. The monoisotopic (exact) mass is 268 g/mol.